The van der Waals surface area contributed by atoms with E-state index in [0.717, 1.165) is 18.9 Å². The van der Waals surface area contributed by atoms with Gasteiger partial charge in [0.15, 0.2) is 0 Å². The highest BCUT2D eigenvalue weighted by Gasteiger charge is 2.18. The summed E-state index contributed by atoms with van der Waals surface area (Å²) < 4.78 is 0. The van der Waals surface area contributed by atoms with Crippen LogP contribution in [0.25, 0.3) is 6.08 Å². The molecule has 1 amide bonds. The summed E-state index contributed by atoms with van der Waals surface area (Å²) in [6.45, 7) is 2.66. The summed E-state index contributed by atoms with van der Waals surface area (Å²) in [5, 5.41) is 17.7. The van der Waals surface area contributed by atoms with E-state index in [1.807, 2.05) is 6.92 Å². The number of carbonyl (C=O) groups is 2. The molecule has 6 heteroatoms. The van der Waals surface area contributed by atoms with Crippen molar-refractivity contribution in [2.75, 3.05) is 19.7 Å². The van der Waals surface area contributed by atoms with Crippen molar-refractivity contribution in [2.45, 2.75) is 19.8 Å². The second kappa shape index (κ2) is 8.86. The molecular weight excluding hydrogens is 272 g/mol. The monoisotopic (exact) mass is 292 g/mol. The second-order valence-corrected chi connectivity index (χ2v) is 4.48. The van der Waals surface area contributed by atoms with Crippen LogP contribution in [-0.2, 0) is 4.79 Å². The summed E-state index contributed by atoms with van der Waals surface area (Å²) in [4.78, 5) is 28.7. The van der Waals surface area contributed by atoms with Crippen molar-refractivity contribution < 1.29 is 19.8 Å². The van der Waals surface area contributed by atoms with Crippen LogP contribution in [0.15, 0.2) is 24.4 Å². The van der Waals surface area contributed by atoms with Crippen molar-refractivity contribution >= 4 is 18.0 Å². The topological polar surface area (TPSA) is 90.7 Å². The molecule has 21 heavy (non-hydrogen) atoms. The normalized spacial score (nSPS) is 10.8. The number of carboxylic acids is 1. The summed E-state index contributed by atoms with van der Waals surface area (Å²) in [6, 6.07) is 3.28. The number of rotatable bonds is 8. The largest absolute Gasteiger partial charge is 0.478 e. The number of aromatic nitrogens is 1. The van der Waals surface area contributed by atoms with Gasteiger partial charge in [-0.1, -0.05) is 19.4 Å². The van der Waals surface area contributed by atoms with Gasteiger partial charge in [-0.2, -0.15) is 0 Å². The van der Waals surface area contributed by atoms with Crippen molar-refractivity contribution in [3.05, 3.63) is 35.7 Å². The van der Waals surface area contributed by atoms with Crippen LogP contribution in [0.1, 0.15) is 35.8 Å². The van der Waals surface area contributed by atoms with Crippen LogP contribution in [-0.4, -0.2) is 51.7 Å². The van der Waals surface area contributed by atoms with Gasteiger partial charge in [-0.25, -0.2) is 4.79 Å². The van der Waals surface area contributed by atoms with Gasteiger partial charge in [0.25, 0.3) is 5.91 Å². The van der Waals surface area contributed by atoms with Gasteiger partial charge in [0, 0.05) is 30.9 Å². The van der Waals surface area contributed by atoms with Crippen molar-refractivity contribution in [3.63, 3.8) is 0 Å². The molecule has 1 aromatic rings. The zero-order chi connectivity index (χ0) is 15.7. The smallest absolute Gasteiger partial charge is 0.328 e. The molecule has 0 saturated heterocycles. The quantitative estimate of drug-likeness (QED) is 0.707. The van der Waals surface area contributed by atoms with Crippen LogP contribution in [0.3, 0.4) is 0 Å². The van der Waals surface area contributed by atoms with E-state index in [4.69, 9.17) is 10.2 Å². The molecule has 1 rings (SSSR count). The number of pyridine rings is 1. The lowest BCUT2D eigenvalue weighted by atomic mass is 10.1. The molecule has 2 N–H and O–H groups in total. The summed E-state index contributed by atoms with van der Waals surface area (Å²) in [6.07, 6.45) is 5.57. The predicted molar refractivity (Wildman–Crippen MR) is 78.8 cm³/mol. The Balaban J connectivity index is 3.00. The van der Waals surface area contributed by atoms with E-state index >= 15 is 0 Å². The maximum absolute atomic E-state index is 12.5. The number of nitrogens with zero attached hydrogens (tertiary/aromatic N) is 2. The number of carbonyl (C=O) groups excluding carboxylic acids is 1. The van der Waals surface area contributed by atoms with Crippen LogP contribution in [0.2, 0.25) is 0 Å². The van der Waals surface area contributed by atoms with E-state index in [0.29, 0.717) is 12.1 Å². The van der Waals surface area contributed by atoms with Gasteiger partial charge in [-0.05, 0) is 18.6 Å². The molecule has 0 aliphatic rings. The first-order valence-corrected chi connectivity index (χ1v) is 6.86. The molecule has 0 bridgehead atoms. The third kappa shape index (κ3) is 5.35. The fourth-order valence-corrected chi connectivity index (χ4v) is 1.83. The highest BCUT2D eigenvalue weighted by Crippen LogP contribution is 2.11. The molecule has 114 valence electrons. The molecule has 1 heterocycles. The number of aliphatic hydroxyl groups excluding tert-OH is 1. The number of unbranched alkanes of at least 4 members (excludes halogenated alkanes) is 1. The zero-order valence-corrected chi connectivity index (χ0v) is 12.0. The first-order chi connectivity index (χ1) is 10.1. The zero-order valence-electron chi connectivity index (χ0n) is 12.0. The fourth-order valence-electron chi connectivity index (χ4n) is 1.83. The Morgan fingerprint density at radius 2 is 2.14 bits per heavy atom. The third-order valence-corrected chi connectivity index (χ3v) is 2.89. The summed E-state index contributed by atoms with van der Waals surface area (Å²) in [5.74, 6) is -1.39. The lowest BCUT2D eigenvalue weighted by Gasteiger charge is -2.21. The maximum Gasteiger partial charge on any atom is 0.328 e. The number of carboxylic acid groups (broad SMARTS) is 1. The van der Waals surface area contributed by atoms with Gasteiger partial charge < -0.3 is 15.1 Å². The minimum atomic E-state index is -1.09. The maximum atomic E-state index is 12.5. The molecule has 0 spiro atoms. The van der Waals surface area contributed by atoms with E-state index in [-0.39, 0.29) is 24.8 Å². The van der Waals surface area contributed by atoms with Crippen molar-refractivity contribution in [1.82, 2.24) is 9.88 Å². The highest BCUT2D eigenvalue weighted by atomic mass is 16.4. The second-order valence-electron chi connectivity index (χ2n) is 4.48. The number of amides is 1. The molecule has 0 radical (unpaired) electrons. The Morgan fingerprint density at radius 1 is 1.38 bits per heavy atom. The van der Waals surface area contributed by atoms with E-state index in [2.05, 4.69) is 4.98 Å². The van der Waals surface area contributed by atoms with Crippen LogP contribution in [0.5, 0.6) is 0 Å². The van der Waals surface area contributed by atoms with E-state index in [9.17, 15) is 9.59 Å². The average molecular weight is 292 g/mol. The first-order valence-electron chi connectivity index (χ1n) is 6.86. The third-order valence-electron chi connectivity index (χ3n) is 2.89. The van der Waals surface area contributed by atoms with E-state index < -0.39 is 5.97 Å². The Labute approximate surface area is 123 Å². The Bertz CT molecular complexity index is 514. The van der Waals surface area contributed by atoms with Crippen LogP contribution in [0.4, 0.5) is 0 Å². The van der Waals surface area contributed by atoms with Crippen LogP contribution < -0.4 is 0 Å². The van der Waals surface area contributed by atoms with Gasteiger partial charge in [0.1, 0.15) is 5.69 Å². The van der Waals surface area contributed by atoms with Crippen molar-refractivity contribution in [2.24, 2.45) is 0 Å². The molecule has 0 aromatic carbocycles. The van der Waals surface area contributed by atoms with Gasteiger partial charge >= 0.3 is 5.97 Å². The summed E-state index contributed by atoms with van der Waals surface area (Å²) in [7, 11) is 0. The SMILES string of the molecule is CCCCN(CCO)C(=O)c1ncccc1/C=C/C(=O)O. The minimum Gasteiger partial charge on any atom is -0.478 e. The highest BCUT2D eigenvalue weighted by molar-refractivity contribution is 5.97. The fraction of sp³-hybridized carbons (Fsp3) is 0.400. The minimum absolute atomic E-state index is 0.122. The Kier molecular flexibility index (Phi) is 7.11. The van der Waals surface area contributed by atoms with Crippen molar-refractivity contribution in [1.29, 1.82) is 0 Å². The average Bonchev–Trinajstić information content (AvgIpc) is 2.49. The van der Waals surface area contributed by atoms with Crippen LogP contribution in [0, 0.1) is 0 Å². The van der Waals surface area contributed by atoms with E-state index in [1.165, 1.54) is 17.2 Å². The molecule has 1 aromatic heterocycles. The lowest BCUT2D eigenvalue weighted by Crippen LogP contribution is -2.35. The predicted octanol–water partition coefficient (Wildman–Crippen LogP) is 1.41. The Hall–Kier alpha value is -2.21. The first kappa shape index (κ1) is 16.8. The summed E-state index contributed by atoms with van der Waals surface area (Å²) >= 11 is 0. The van der Waals surface area contributed by atoms with Crippen LogP contribution >= 0.6 is 0 Å². The lowest BCUT2D eigenvalue weighted by molar-refractivity contribution is -0.131. The molecular formula is C15H20N2O4. The van der Waals surface area contributed by atoms with E-state index in [1.54, 1.807) is 12.1 Å². The van der Waals surface area contributed by atoms with Gasteiger partial charge in [0.2, 0.25) is 0 Å². The van der Waals surface area contributed by atoms with Gasteiger partial charge in [0.05, 0.1) is 6.61 Å². The number of aliphatic hydroxyl groups is 1. The van der Waals surface area contributed by atoms with Gasteiger partial charge in [-0.15, -0.1) is 0 Å². The molecule has 0 aliphatic heterocycles. The number of hydrogen-bond donors (Lipinski definition) is 2. The van der Waals surface area contributed by atoms with Crippen molar-refractivity contribution in [3.8, 4) is 0 Å². The molecule has 0 atom stereocenters. The molecule has 0 unspecified atom stereocenters. The molecule has 0 saturated carbocycles. The molecule has 0 aliphatic carbocycles. The number of aliphatic carboxylic acids is 1. The Morgan fingerprint density at radius 3 is 2.76 bits per heavy atom. The standard InChI is InChI=1S/C15H20N2O4/c1-2-3-9-17(10-11-18)15(21)14-12(5-4-8-16-14)6-7-13(19)20/h4-8,18H,2-3,9-11H2,1H3,(H,19,20)/b7-6+. The molecule has 0 fully saturated rings. The summed E-state index contributed by atoms with van der Waals surface area (Å²) in [5.41, 5.74) is 0.642. The number of hydrogen-bond acceptors (Lipinski definition) is 4. The molecule has 6 nitrogen and oxygen atoms in total. The van der Waals surface area contributed by atoms with Gasteiger partial charge in [-0.3, -0.25) is 9.78 Å².